The molecule has 0 aliphatic carbocycles. The Kier molecular flexibility index (Phi) is 7.56. The van der Waals surface area contributed by atoms with Crippen LogP contribution < -0.4 is 10.6 Å². The number of benzene rings is 2. The first-order valence-corrected chi connectivity index (χ1v) is 9.70. The van der Waals surface area contributed by atoms with E-state index in [4.69, 9.17) is 16.3 Å². The number of Topliss-reactive ketones (excluding diaryl/α,β-unsaturated/α-hetero) is 1. The number of ketones is 1. The van der Waals surface area contributed by atoms with Crippen LogP contribution in [0.25, 0.3) is 0 Å². The lowest BCUT2D eigenvalue weighted by atomic mass is 10.1. The van der Waals surface area contributed by atoms with Crippen LogP contribution in [-0.2, 0) is 4.74 Å². The zero-order chi connectivity index (χ0) is 19.8. The molecule has 148 valence electrons. The summed E-state index contributed by atoms with van der Waals surface area (Å²) in [6.45, 7) is 4.54. The fraction of sp³-hybridized carbons (Fsp3) is 0.333. The summed E-state index contributed by atoms with van der Waals surface area (Å²) in [5.41, 5.74) is 0.994. The summed E-state index contributed by atoms with van der Waals surface area (Å²) >= 11 is 5.88. The van der Waals surface area contributed by atoms with Crippen molar-refractivity contribution in [1.82, 2.24) is 15.5 Å². The summed E-state index contributed by atoms with van der Waals surface area (Å²) < 4.78 is 5.35. The molecule has 1 atom stereocenters. The molecule has 2 aromatic rings. The number of halogens is 1. The van der Waals surface area contributed by atoms with E-state index < -0.39 is 6.17 Å². The molecular formula is C21H24ClN3O3. The van der Waals surface area contributed by atoms with E-state index in [1.807, 2.05) is 6.07 Å². The third kappa shape index (κ3) is 5.87. The van der Waals surface area contributed by atoms with Crippen molar-refractivity contribution in [2.75, 3.05) is 39.4 Å². The van der Waals surface area contributed by atoms with Gasteiger partial charge in [-0.25, -0.2) is 0 Å². The number of nitrogens with zero attached hydrogens (tertiary/aromatic N) is 1. The Morgan fingerprint density at radius 2 is 1.68 bits per heavy atom. The molecule has 0 saturated carbocycles. The van der Waals surface area contributed by atoms with Gasteiger partial charge in [-0.3, -0.25) is 19.8 Å². The predicted molar refractivity (Wildman–Crippen MR) is 109 cm³/mol. The minimum Gasteiger partial charge on any atom is -0.379 e. The Balaban J connectivity index is 1.65. The van der Waals surface area contributed by atoms with Gasteiger partial charge >= 0.3 is 0 Å². The van der Waals surface area contributed by atoms with Crippen LogP contribution in [0.1, 0.15) is 20.7 Å². The maximum atomic E-state index is 12.9. The SMILES string of the molecule is O=C(NC(NCCN1CCOCC1)C(=O)c1ccccc1)c1ccc(Cl)cc1. The quantitative estimate of drug-likeness (QED) is 0.524. The van der Waals surface area contributed by atoms with E-state index in [-0.39, 0.29) is 11.7 Å². The topological polar surface area (TPSA) is 70.7 Å². The molecular weight excluding hydrogens is 378 g/mol. The van der Waals surface area contributed by atoms with E-state index in [0.717, 1.165) is 32.8 Å². The van der Waals surface area contributed by atoms with Crippen LogP contribution in [0.5, 0.6) is 0 Å². The number of carbonyl (C=O) groups excluding carboxylic acids is 2. The van der Waals surface area contributed by atoms with E-state index in [1.54, 1.807) is 48.5 Å². The molecule has 3 rings (SSSR count). The maximum Gasteiger partial charge on any atom is 0.252 e. The highest BCUT2D eigenvalue weighted by Gasteiger charge is 2.22. The fourth-order valence-electron chi connectivity index (χ4n) is 2.99. The average molecular weight is 402 g/mol. The van der Waals surface area contributed by atoms with Crippen LogP contribution in [0, 0.1) is 0 Å². The summed E-state index contributed by atoms with van der Waals surface area (Å²) in [5.74, 6) is -0.505. The number of rotatable bonds is 8. The molecule has 1 fully saturated rings. The van der Waals surface area contributed by atoms with Crippen molar-refractivity contribution in [1.29, 1.82) is 0 Å². The zero-order valence-electron chi connectivity index (χ0n) is 15.6. The smallest absolute Gasteiger partial charge is 0.252 e. The number of nitrogens with one attached hydrogen (secondary N) is 2. The van der Waals surface area contributed by atoms with Crippen molar-refractivity contribution in [2.24, 2.45) is 0 Å². The largest absolute Gasteiger partial charge is 0.379 e. The molecule has 2 aromatic carbocycles. The van der Waals surface area contributed by atoms with E-state index in [1.165, 1.54) is 0 Å². The molecule has 0 bridgehead atoms. The highest BCUT2D eigenvalue weighted by atomic mass is 35.5. The van der Waals surface area contributed by atoms with Crippen molar-refractivity contribution >= 4 is 23.3 Å². The highest BCUT2D eigenvalue weighted by molar-refractivity contribution is 6.30. The molecule has 28 heavy (non-hydrogen) atoms. The first kappa shape index (κ1) is 20.5. The normalized spacial score (nSPS) is 15.8. The van der Waals surface area contributed by atoms with Gasteiger partial charge in [0.25, 0.3) is 5.91 Å². The number of morpholine rings is 1. The number of carbonyl (C=O) groups is 2. The van der Waals surface area contributed by atoms with Gasteiger partial charge in [0, 0.05) is 42.3 Å². The van der Waals surface area contributed by atoms with E-state index in [9.17, 15) is 9.59 Å². The van der Waals surface area contributed by atoms with Gasteiger partial charge in [-0.15, -0.1) is 0 Å². The molecule has 0 aromatic heterocycles. The molecule has 0 spiro atoms. The second-order valence-electron chi connectivity index (χ2n) is 6.55. The Morgan fingerprint density at radius 1 is 1.00 bits per heavy atom. The minimum atomic E-state index is -0.813. The van der Waals surface area contributed by atoms with Crippen LogP contribution in [0.15, 0.2) is 54.6 Å². The van der Waals surface area contributed by atoms with Gasteiger partial charge in [0.15, 0.2) is 5.78 Å². The van der Waals surface area contributed by atoms with Crippen LogP contribution in [0.3, 0.4) is 0 Å². The number of ether oxygens (including phenoxy) is 1. The number of amides is 1. The second-order valence-corrected chi connectivity index (χ2v) is 6.99. The molecule has 2 N–H and O–H groups in total. The lowest BCUT2D eigenvalue weighted by Gasteiger charge is -2.27. The maximum absolute atomic E-state index is 12.9. The summed E-state index contributed by atoms with van der Waals surface area (Å²) in [4.78, 5) is 27.8. The molecule has 1 amide bonds. The Hall–Kier alpha value is -2.25. The lowest BCUT2D eigenvalue weighted by Crippen LogP contribution is -2.53. The van der Waals surface area contributed by atoms with Gasteiger partial charge < -0.3 is 10.1 Å². The molecule has 1 unspecified atom stereocenters. The minimum absolute atomic E-state index is 0.176. The van der Waals surface area contributed by atoms with Crippen LogP contribution in [-0.4, -0.2) is 62.1 Å². The van der Waals surface area contributed by atoms with Gasteiger partial charge in [0.1, 0.15) is 6.17 Å². The summed E-state index contributed by atoms with van der Waals surface area (Å²) in [6, 6.07) is 15.5. The lowest BCUT2D eigenvalue weighted by molar-refractivity contribution is 0.0379. The molecule has 1 saturated heterocycles. The molecule has 7 heteroatoms. The fourth-order valence-corrected chi connectivity index (χ4v) is 3.11. The van der Waals surface area contributed by atoms with Gasteiger partial charge in [-0.2, -0.15) is 0 Å². The first-order valence-electron chi connectivity index (χ1n) is 9.32. The van der Waals surface area contributed by atoms with Crippen molar-refractivity contribution < 1.29 is 14.3 Å². The zero-order valence-corrected chi connectivity index (χ0v) is 16.3. The Bertz CT molecular complexity index is 777. The average Bonchev–Trinajstić information content (AvgIpc) is 2.74. The van der Waals surface area contributed by atoms with Gasteiger partial charge in [0.05, 0.1) is 13.2 Å². The predicted octanol–water partition coefficient (Wildman–Crippen LogP) is 2.20. The summed E-state index contributed by atoms with van der Waals surface area (Å²) in [7, 11) is 0. The molecule has 1 aliphatic rings. The molecule has 1 aliphatic heterocycles. The van der Waals surface area contributed by atoms with Crippen molar-refractivity contribution in [3.8, 4) is 0 Å². The van der Waals surface area contributed by atoms with Gasteiger partial charge in [0.2, 0.25) is 0 Å². The molecule has 0 radical (unpaired) electrons. The van der Waals surface area contributed by atoms with E-state index in [2.05, 4.69) is 15.5 Å². The van der Waals surface area contributed by atoms with Gasteiger partial charge in [-0.05, 0) is 24.3 Å². The summed E-state index contributed by atoms with van der Waals surface area (Å²) in [6.07, 6.45) is -0.813. The van der Waals surface area contributed by atoms with Crippen molar-refractivity contribution in [2.45, 2.75) is 6.17 Å². The van der Waals surface area contributed by atoms with Crippen molar-refractivity contribution in [3.05, 3.63) is 70.7 Å². The van der Waals surface area contributed by atoms with Crippen LogP contribution in [0.4, 0.5) is 0 Å². The van der Waals surface area contributed by atoms with Crippen LogP contribution in [0.2, 0.25) is 5.02 Å². The monoisotopic (exact) mass is 401 g/mol. The highest BCUT2D eigenvalue weighted by Crippen LogP contribution is 2.10. The second kappa shape index (κ2) is 10.3. The van der Waals surface area contributed by atoms with Crippen molar-refractivity contribution in [3.63, 3.8) is 0 Å². The van der Waals surface area contributed by atoms with E-state index in [0.29, 0.717) is 22.7 Å². The van der Waals surface area contributed by atoms with E-state index >= 15 is 0 Å². The third-order valence-electron chi connectivity index (χ3n) is 4.58. The van der Waals surface area contributed by atoms with Gasteiger partial charge in [-0.1, -0.05) is 41.9 Å². The Labute approximate surface area is 169 Å². The standard InChI is InChI=1S/C21H24ClN3O3/c22-18-8-6-17(7-9-18)21(27)24-20(19(26)16-4-2-1-3-5-16)23-10-11-25-12-14-28-15-13-25/h1-9,20,23H,10-15H2,(H,24,27). The summed E-state index contributed by atoms with van der Waals surface area (Å²) in [5, 5.41) is 6.54. The third-order valence-corrected chi connectivity index (χ3v) is 4.83. The molecule has 1 heterocycles. The molecule has 6 nitrogen and oxygen atoms in total. The van der Waals surface area contributed by atoms with Crippen LogP contribution >= 0.6 is 11.6 Å². The first-order chi connectivity index (χ1) is 13.6. The number of hydrogen-bond donors (Lipinski definition) is 2. The number of hydrogen-bond acceptors (Lipinski definition) is 5. The Morgan fingerprint density at radius 3 is 2.36 bits per heavy atom.